The van der Waals surface area contributed by atoms with E-state index in [1.165, 1.54) is 11.0 Å². The number of amides is 4. The van der Waals surface area contributed by atoms with Crippen LogP contribution in [0.1, 0.15) is 96.3 Å². The van der Waals surface area contributed by atoms with E-state index in [4.69, 9.17) is 9.47 Å². The lowest BCUT2D eigenvalue weighted by Gasteiger charge is -2.35. The largest absolute Gasteiger partial charge is 0.465 e. The molecule has 2 saturated carbocycles. The highest BCUT2D eigenvalue weighted by Crippen LogP contribution is 2.46. The predicted molar refractivity (Wildman–Crippen MR) is 191 cm³/mol. The second-order valence-corrected chi connectivity index (χ2v) is 19.1. The summed E-state index contributed by atoms with van der Waals surface area (Å²) in [6.45, 7) is 14.2. The third-order valence-corrected chi connectivity index (χ3v) is 13.2. The quantitative estimate of drug-likeness (QED) is 0.326. The zero-order valence-corrected chi connectivity index (χ0v) is 31.7. The monoisotopic (exact) mass is 740 g/mol. The molecule has 4 amide bonds. The highest BCUT2D eigenvalue weighted by Gasteiger charge is 2.62. The van der Waals surface area contributed by atoms with E-state index >= 15 is 0 Å². The topological polar surface area (TPSA) is 168 Å². The van der Waals surface area contributed by atoms with E-state index < -0.39 is 80.0 Å². The van der Waals surface area contributed by atoms with Gasteiger partial charge in [0.15, 0.2) is 0 Å². The van der Waals surface area contributed by atoms with Gasteiger partial charge >= 0.3 is 12.1 Å². The summed E-state index contributed by atoms with van der Waals surface area (Å²) in [6, 6.07) is 4.89. The average molecular weight is 741 g/mol. The summed E-state index contributed by atoms with van der Waals surface area (Å²) in [5, 5.41) is 2.12. The summed E-state index contributed by atoms with van der Waals surface area (Å²) in [5.74, 6) is -3.96. The molecule has 4 bridgehead atoms. The molecule has 0 unspecified atom stereocenters. The number of nitrogens with one attached hydrogen (secondary N) is 2. The number of fused-ring (bicyclic) bond motifs is 3. The Bertz CT molecular complexity index is 1760. The minimum Gasteiger partial charge on any atom is -0.465 e. The van der Waals surface area contributed by atoms with Crippen molar-refractivity contribution in [3.63, 3.8) is 0 Å². The van der Waals surface area contributed by atoms with Gasteiger partial charge in [0, 0.05) is 25.4 Å². The van der Waals surface area contributed by atoms with Crippen LogP contribution in [0, 0.1) is 22.7 Å². The Morgan fingerprint density at radius 2 is 1.79 bits per heavy atom. The van der Waals surface area contributed by atoms with Crippen LogP contribution >= 0.6 is 0 Å². The summed E-state index contributed by atoms with van der Waals surface area (Å²) >= 11 is 0. The van der Waals surface area contributed by atoms with Crippen LogP contribution in [-0.4, -0.2) is 84.1 Å². The molecule has 3 aliphatic heterocycles. The molecule has 13 nitrogen and oxygen atoms in total. The maximum absolute atomic E-state index is 14.5. The van der Waals surface area contributed by atoms with Gasteiger partial charge in [-0.1, -0.05) is 58.9 Å². The maximum Gasteiger partial charge on any atom is 0.410 e. The van der Waals surface area contributed by atoms with Crippen molar-refractivity contribution in [2.75, 3.05) is 13.2 Å². The first-order chi connectivity index (χ1) is 24.3. The zero-order valence-electron chi connectivity index (χ0n) is 30.9. The molecular weight excluding hydrogens is 689 g/mol. The van der Waals surface area contributed by atoms with Crippen LogP contribution in [0.25, 0.3) is 0 Å². The number of carbonyl (C=O) groups excluding carboxylic acids is 5. The molecule has 2 aliphatic carbocycles. The van der Waals surface area contributed by atoms with Crippen LogP contribution in [0.3, 0.4) is 0 Å². The number of ether oxygens (including phenoxy) is 2. The molecule has 1 aromatic rings. The smallest absolute Gasteiger partial charge is 0.410 e. The number of hydrogen-bond donors (Lipinski definition) is 2. The normalized spacial score (nSPS) is 29.6. The second-order valence-electron chi connectivity index (χ2n) is 17.1. The molecule has 0 aromatic heterocycles. The van der Waals surface area contributed by atoms with Crippen LogP contribution in [0.2, 0.25) is 0 Å². The van der Waals surface area contributed by atoms with Gasteiger partial charge in [-0.2, -0.15) is 0 Å². The molecule has 6 rings (SSSR count). The SMILES string of the molecule is C=C[C@@H]1C[C@]1(NC(=O)[C@@H]1C[C@@H]2CN1C(=O)[C@H](C(C)(C)C)CC(=O)OCC(C)(C)CCCc1cccc3c1CN(C3)C(=O)O2)C(=O)NS(=O)(=O)C1CC1. The molecule has 1 aromatic carbocycles. The first-order valence-electron chi connectivity index (χ1n) is 18.4. The number of nitrogens with zero attached hydrogens (tertiary/aromatic N) is 2. The maximum atomic E-state index is 14.5. The molecule has 5 atom stereocenters. The molecule has 0 spiro atoms. The summed E-state index contributed by atoms with van der Waals surface area (Å²) in [5.41, 5.74) is 0.685. The standard InChI is InChI=1S/C38H52N4O9S/c1-7-25-18-38(25,34(46)40-52(48,49)27-13-14-27)39-32(44)30-16-26-20-42(30)33(45)29(36(2,3)4)17-31(43)50-22-37(5,6)15-9-12-23-10-8-11-24-19-41(21-28(23)24)35(47)51-26/h7-8,10-11,25-27,29-30H,1,9,12-22H2,2-6H3,(H,39,44)(H,40,46)/t25-,26-,29-,30+,38-/m1/s1. The molecule has 3 fully saturated rings. The van der Waals surface area contributed by atoms with Gasteiger partial charge in [0.2, 0.25) is 21.8 Å². The minimum absolute atomic E-state index is 0.0539. The zero-order chi connectivity index (χ0) is 37.8. The molecule has 3 heterocycles. The average Bonchev–Trinajstić information content (AvgIpc) is 3.95. The Morgan fingerprint density at radius 3 is 2.44 bits per heavy atom. The summed E-state index contributed by atoms with van der Waals surface area (Å²) < 4.78 is 39.3. The Labute approximate surface area is 306 Å². The molecule has 52 heavy (non-hydrogen) atoms. The lowest BCUT2D eigenvalue weighted by molar-refractivity contribution is -0.155. The summed E-state index contributed by atoms with van der Waals surface area (Å²) in [6.07, 6.45) is 3.30. The first kappa shape index (κ1) is 37.8. The first-order valence-corrected chi connectivity index (χ1v) is 19.9. The van der Waals surface area contributed by atoms with Crippen LogP contribution in [-0.2, 0) is 58.2 Å². The number of hydrogen-bond acceptors (Lipinski definition) is 9. The number of benzene rings is 1. The van der Waals surface area contributed by atoms with Crippen molar-refractivity contribution in [2.24, 2.45) is 22.7 Å². The van der Waals surface area contributed by atoms with E-state index in [1.54, 1.807) is 4.90 Å². The van der Waals surface area contributed by atoms with Gasteiger partial charge in [-0.05, 0) is 66.0 Å². The van der Waals surface area contributed by atoms with E-state index in [-0.39, 0.29) is 37.8 Å². The van der Waals surface area contributed by atoms with E-state index in [2.05, 4.69) is 22.7 Å². The number of sulfonamides is 1. The number of aryl methyl sites for hydroxylation is 1. The Balaban J connectivity index is 1.29. The van der Waals surface area contributed by atoms with E-state index in [9.17, 15) is 32.4 Å². The third kappa shape index (κ3) is 7.86. The van der Waals surface area contributed by atoms with Crippen LogP contribution in [0.15, 0.2) is 30.9 Å². The number of carbonyl (C=O) groups is 5. The highest BCUT2D eigenvalue weighted by molar-refractivity contribution is 7.91. The van der Waals surface area contributed by atoms with Crippen molar-refractivity contribution in [2.45, 2.75) is 122 Å². The van der Waals surface area contributed by atoms with Crippen molar-refractivity contribution in [3.8, 4) is 0 Å². The fourth-order valence-corrected chi connectivity index (χ4v) is 9.12. The predicted octanol–water partition coefficient (Wildman–Crippen LogP) is 3.74. The molecule has 284 valence electrons. The Hall–Kier alpha value is -3.94. The highest BCUT2D eigenvalue weighted by atomic mass is 32.2. The molecule has 1 saturated heterocycles. The van der Waals surface area contributed by atoms with E-state index in [0.29, 0.717) is 25.9 Å². The van der Waals surface area contributed by atoms with Crippen molar-refractivity contribution in [3.05, 3.63) is 47.5 Å². The van der Waals surface area contributed by atoms with E-state index in [1.807, 2.05) is 46.8 Å². The van der Waals surface area contributed by atoms with Gasteiger partial charge < -0.3 is 19.7 Å². The molecule has 2 N–H and O–H groups in total. The lowest BCUT2D eigenvalue weighted by Crippen LogP contribution is -2.57. The molecule has 14 heteroatoms. The number of esters is 1. The second kappa shape index (κ2) is 13.8. The fourth-order valence-electron chi connectivity index (χ4n) is 7.76. The van der Waals surface area contributed by atoms with Gasteiger partial charge in [-0.25, -0.2) is 13.2 Å². The third-order valence-electron chi connectivity index (χ3n) is 11.3. The van der Waals surface area contributed by atoms with Crippen molar-refractivity contribution in [1.82, 2.24) is 19.8 Å². The lowest BCUT2D eigenvalue weighted by atomic mass is 9.77. The minimum atomic E-state index is -3.90. The van der Waals surface area contributed by atoms with Gasteiger partial charge in [0.25, 0.3) is 5.91 Å². The summed E-state index contributed by atoms with van der Waals surface area (Å²) in [4.78, 5) is 72.1. The molecule has 0 radical (unpaired) electrons. The van der Waals surface area contributed by atoms with Crippen LogP contribution in [0.5, 0.6) is 0 Å². The molecular formula is C38H52N4O9S. The Kier molecular flexibility index (Phi) is 10.0. The Morgan fingerprint density at radius 1 is 1.08 bits per heavy atom. The van der Waals surface area contributed by atoms with Gasteiger partial charge in [0.1, 0.15) is 17.7 Å². The summed E-state index contributed by atoms with van der Waals surface area (Å²) in [7, 11) is -3.90. The van der Waals surface area contributed by atoms with Gasteiger partial charge in [0.05, 0.1) is 30.7 Å². The van der Waals surface area contributed by atoms with Gasteiger partial charge in [-0.3, -0.25) is 28.8 Å². The van der Waals surface area contributed by atoms with Crippen molar-refractivity contribution >= 4 is 39.8 Å². The van der Waals surface area contributed by atoms with Crippen LogP contribution in [0.4, 0.5) is 4.79 Å². The fraction of sp³-hybridized carbons (Fsp3) is 0.658. The van der Waals surface area contributed by atoms with Gasteiger partial charge in [-0.15, -0.1) is 6.58 Å². The van der Waals surface area contributed by atoms with Crippen molar-refractivity contribution < 1.29 is 41.9 Å². The number of rotatable bonds is 6. The van der Waals surface area contributed by atoms with Crippen LogP contribution < -0.4 is 10.0 Å². The van der Waals surface area contributed by atoms with E-state index in [0.717, 1.165) is 36.0 Å². The number of cyclic esters (lactones) is 1. The van der Waals surface area contributed by atoms with Crippen molar-refractivity contribution in [1.29, 1.82) is 0 Å². The molecule has 5 aliphatic rings.